The van der Waals surface area contributed by atoms with Crippen molar-refractivity contribution in [3.8, 4) is 11.1 Å². The van der Waals surface area contributed by atoms with Crippen LogP contribution in [0.3, 0.4) is 0 Å². The van der Waals surface area contributed by atoms with Crippen molar-refractivity contribution in [1.82, 2.24) is 9.80 Å². The van der Waals surface area contributed by atoms with Crippen molar-refractivity contribution in [3.63, 3.8) is 0 Å². The smallest absolute Gasteiger partial charge is 0.336 e. The van der Waals surface area contributed by atoms with Crippen molar-refractivity contribution in [2.75, 3.05) is 26.2 Å². The Morgan fingerprint density at radius 1 is 0.939 bits per heavy atom. The van der Waals surface area contributed by atoms with E-state index in [9.17, 15) is 18.0 Å². The highest BCUT2D eigenvalue weighted by Crippen LogP contribution is 2.30. The Hall–Kier alpha value is -2.83. The largest absolute Gasteiger partial charge is 0.416 e. The second-order valence-electron chi connectivity index (χ2n) is 8.26. The first-order valence-corrected chi connectivity index (χ1v) is 11.1. The Labute approximate surface area is 196 Å². The molecule has 0 bridgehead atoms. The van der Waals surface area contributed by atoms with Gasteiger partial charge in [-0.25, -0.2) is 0 Å². The van der Waals surface area contributed by atoms with Gasteiger partial charge in [-0.05, 0) is 59.5 Å². The number of aryl methyl sites for hydroxylation is 1. The number of hydrogen-bond acceptors (Lipinski definition) is 2. The molecule has 4 rings (SSSR count). The summed E-state index contributed by atoms with van der Waals surface area (Å²) < 4.78 is 38.3. The molecule has 1 saturated heterocycles. The number of amides is 1. The van der Waals surface area contributed by atoms with Crippen LogP contribution in [0.15, 0.2) is 66.7 Å². The number of hydrogen-bond donors (Lipinski definition) is 0. The fourth-order valence-electron chi connectivity index (χ4n) is 4.03. The predicted molar refractivity (Wildman–Crippen MR) is 124 cm³/mol. The van der Waals surface area contributed by atoms with Gasteiger partial charge in [0.15, 0.2) is 0 Å². The molecule has 172 valence electrons. The van der Waals surface area contributed by atoms with Gasteiger partial charge < -0.3 is 4.90 Å². The molecule has 3 aromatic carbocycles. The molecule has 0 aliphatic carbocycles. The van der Waals surface area contributed by atoms with Gasteiger partial charge in [0.2, 0.25) is 0 Å². The van der Waals surface area contributed by atoms with Crippen LogP contribution in [0, 0.1) is 6.92 Å². The monoisotopic (exact) mass is 472 g/mol. The third-order valence-corrected chi connectivity index (χ3v) is 6.42. The molecule has 3 aromatic rings. The van der Waals surface area contributed by atoms with Gasteiger partial charge in [0, 0.05) is 43.3 Å². The molecule has 1 aliphatic heterocycles. The van der Waals surface area contributed by atoms with Gasteiger partial charge in [0.1, 0.15) is 0 Å². The highest BCUT2D eigenvalue weighted by molar-refractivity contribution is 6.31. The molecule has 33 heavy (non-hydrogen) atoms. The summed E-state index contributed by atoms with van der Waals surface area (Å²) in [7, 11) is 0. The second kappa shape index (κ2) is 9.57. The second-order valence-corrected chi connectivity index (χ2v) is 8.67. The number of carbonyl (C=O) groups excluding carboxylic acids is 1. The molecule has 0 N–H and O–H groups in total. The predicted octanol–water partition coefficient (Wildman–Crippen LogP) is 6.29. The molecule has 7 heteroatoms. The van der Waals surface area contributed by atoms with E-state index in [4.69, 9.17) is 11.6 Å². The van der Waals surface area contributed by atoms with Crippen LogP contribution in [0.25, 0.3) is 11.1 Å². The highest BCUT2D eigenvalue weighted by Gasteiger charge is 2.30. The van der Waals surface area contributed by atoms with E-state index in [1.54, 1.807) is 4.90 Å². The zero-order valence-electron chi connectivity index (χ0n) is 18.2. The molecule has 1 heterocycles. The molecule has 0 aromatic heterocycles. The lowest BCUT2D eigenvalue weighted by Crippen LogP contribution is -2.48. The van der Waals surface area contributed by atoms with Crippen LogP contribution >= 0.6 is 11.6 Å². The van der Waals surface area contributed by atoms with Crippen LogP contribution < -0.4 is 0 Å². The van der Waals surface area contributed by atoms with Crippen LogP contribution in [-0.2, 0) is 12.7 Å². The summed E-state index contributed by atoms with van der Waals surface area (Å²) in [6.45, 7) is 5.15. The topological polar surface area (TPSA) is 23.6 Å². The molecule has 0 saturated carbocycles. The quantitative estimate of drug-likeness (QED) is 0.445. The first-order chi connectivity index (χ1) is 15.7. The highest BCUT2D eigenvalue weighted by atomic mass is 35.5. The van der Waals surface area contributed by atoms with Gasteiger partial charge in [-0.2, -0.15) is 13.2 Å². The van der Waals surface area contributed by atoms with E-state index in [1.165, 1.54) is 17.7 Å². The van der Waals surface area contributed by atoms with E-state index in [2.05, 4.69) is 23.1 Å². The summed E-state index contributed by atoms with van der Waals surface area (Å²) in [5.41, 5.74) is 3.93. The third kappa shape index (κ3) is 5.40. The summed E-state index contributed by atoms with van der Waals surface area (Å²) in [5, 5.41) is 0.734. The number of halogens is 4. The van der Waals surface area contributed by atoms with Crippen molar-refractivity contribution in [1.29, 1.82) is 0 Å². The number of carbonyl (C=O) groups is 1. The van der Waals surface area contributed by atoms with E-state index < -0.39 is 11.7 Å². The number of nitrogens with zero attached hydrogens (tertiary/aromatic N) is 2. The van der Waals surface area contributed by atoms with Crippen LogP contribution in [0.5, 0.6) is 0 Å². The zero-order chi connectivity index (χ0) is 23.6. The van der Waals surface area contributed by atoms with Gasteiger partial charge in [-0.3, -0.25) is 9.69 Å². The maximum Gasteiger partial charge on any atom is 0.416 e. The van der Waals surface area contributed by atoms with Crippen molar-refractivity contribution in [3.05, 3.63) is 94.0 Å². The fraction of sp³-hybridized carbons (Fsp3) is 0.269. The normalized spacial score (nSPS) is 15.0. The van der Waals surface area contributed by atoms with Crippen molar-refractivity contribution < 1.29 is 18.0 Å². The lowest BCUT2D eigenvalue weighted by Gasteiger charge is -2.35. The minimum absolute atomic E-state index is 0.238. The van der Waals surface area contributed by atoms with Gasteiger partial charge >= 0.3 is 6.18 Å². The van der Waals surface area contributed by atoms with Gasteiger partial charge in [0.25, 0.3) is 5.91 Å². The van der Waals surface area contributed by atoms with E-state index >= 15 is 0 Å². The van der Waals surface area contributed by atoms with Gasteiger partial charge in [0.05, 0.1) is 5.56 Å². The molecule has 1 aliphatic rings. The van der Waals surface area contributed by atoms with Crippen LogP contribution in [0.2, 0.25) is 5.02 Å². The maximum atomic E-state index is 12.8. The molecule has 0 radical (unpaired) electrons. The van der Waals surface area contributed by atoms with Gasteiger partial charge in [-0.15, -0.1) is 0 Å². The van der Waals surface area contributed by atoms with Crippen LogP contribution in [0.4, 0.5) is 13.2 Å². The van der Waals surface area contributed by atoms with Crippen molar-refractivity contribution >= 4 is 17.5 Å². The van der Waals surface area contributed by atoms with E-state index in [0.29, 0.717) is 26.2 Å². The molecule has 1 amide bonds. The molecule has 3 nitrogen and oxygen atoms in total. The van der Waals surface area contributed by atoms with Crippen molar-refractivity contribution in [2.45, 2.75) is 19.6 Å². The lowest BCUT2D eigenvalue weighted by atomic mass is 9.98. The first kappa shape index (κ1) is 23.3. The lowest BCUT2D eigenvalue weighted by molar-refractivity contribution is -0.137. The van der Waals surface area contributed by atoms with E-state index in [-0.39, 0.29) is 11.5 Å². The summed E-state index contributed by atoms with van der Waals surface area (Å²) in [4.78, 5) is 16.7. The fourth-order valence-corrected chi connectivity index (χ4v) is 4.22. The number of alkyl halides is 3. The van der Waals surface area contributed by atoms with Crippen LogP contribution in [-0.4, -0.2) is 41.9 Å². The SMILES string of the molecule is Cc1ccc(-c2ccccc2CN2CCN(C(=O)c3ccc(C(F)(F)F)cc3)CC2)cc1Cl. The van der Waals surface area contributed by atoms with Gasteiger partial charge in [-0.1, -0.05) is 48.0 Å². The van der Waals surface area contributed by atoms with Crippen LogP contribution in [0.1, 0.15) is 27.0 Å². The number of benzene rings is 3. The number of rotatable bonds is 4. The Balaban J connectivity index is 1.40. The molecule has 0 atom stereocenters. The molecule has 0 unspecified atom stereocenters. The maximum absolute atomic E-state index is 12.8. The number of piperazine rings is 1. The average molecular weight is 473 g/mol. The minimum Gasteiger partial charge on any atom is -0.336 e. The Kier molecular flexibility index (Phi) is 6.77. The summed E-state index contributed by atoms with van der Waals surface area (Å²) in [6.07, 6.45) is -4.41. The molecular weight excluding hydrogens is 449 g/mol. The van der Waals surface area contributed by atoms with Crippen molar-refractivity contribution in [2.24, 2.45) is 0 Å². The third-order valence-electron chi connectivity index (χ3n) is 6.01. The molecule has 1 fully saturated rings. The Morgan fingerprint density at radius 3 is 2.24 bits per heavy atom. The first-order valence-electron chi connectivity index (χ1n) is 10.8. The summed E-state index contributed by atoms with van der Waals surface area (Å²) in [6, 6.07) is 18.7. The Morgan fingerprint density at radius 2 is 1.61 bits per heavy atom. The molecule has 0 spiro atoms. The van der Waals surface area contributed by atoms with E-state index in [1.807, 2.05) is 31.2 Å². The Bertz CT molecular complexity index is 1140. The minimum atomic E-state index is -4.41. The molecular formula is C26H24ClF3N2O. The average Bonchev–Trinajstić information content (AvgIpc) is 2.81. The summed E-state index contributed by atoms with van der Waals surface area (Å²) in [5.74, 6) is -0.238. The van der Waals surface area contributed by atoms with E-state index in [0.717, 1.165) is 40.4 Å². The zero-order valence-corrected chi connectivity index (χ0v) is 19.0. The standard InChI is InChI=1S/C26H24ClF3N2O/c1-18-6-7-20(16-24(18)27)23-5-3-2-4-21(23)17-31-12-14-32(15-13-31)25(33)19-8-10-22(11-9-19)26(28,29)30/h2-11,16H,12-15,17H2,1H3. The summed E-state index contributed by atoms with van der Waals surface area (Å²) >= 11 is 6.33.